The van der Waals surface area contributed by atoms with E-state index in [1.807, 2.05) is 39.9 Å². The summed E-state index contributed by atoms with van der Waals surface area (Å²) in [6.07, 6.45) is -0.0525. The number of thioether (sulfide) groups is 1. The van der Waals surface area contributed by atoms with Crippen LogP contribution in [0.2, 0.25) is 0 Å². The molecule has 0 aliphatic carbocycles. The number of carbonyl (C=O) groups is 1. The van der Waals surface area contributed by atoms with E-state index < -0.39 is 11.7 Å². The number of hydrogen-bond acceptors (Lipinski definition) is 6. The highest BCUT2D eigenvalue weighted by atomic mass is 32.2. The lowest BCUT2D eigenvalue weighted by Crippen LogP contribution is -2.49. The third-order valence-electron chi connectivity index (χ3n) is 5.29. The summed E-state index contributed by atoms with van der Waals surface area (Å²) in [4.78, 5) is 24.7. The van der Waals surface area contributed by atoms with Crippen LogP contribution in [0.5, 0.6) is 5.75 Å². The number of pyridine rings is 1. The zero-order valence-corrected chi connectivity index (χ0v) is 18.6. The summed E-state index contributed by atoms with van der Waals surface area (Å²) in [6.45, 7) is 1.97. The van der Waals surface area contributed by atoms with Gasteiger partial charge in [-0.3, -0.25) is 9.36 Å². The number of benzene rings is 1. The van der Waals surface area contributed by atoms with Crippen LogP contribution in [0.1, 0.15) is 5.56 Å². The number of hydrogen-bond donors (Lipinski definition) is 0. The van der Waals surface area contributed by atoms with Crippen molar-refractivity contribution in [2.75, 3.05) is 43.9 Å². The fourth-order valence-corrected chi connectivity index (χ4v) is 4.37. The van der Waals surface area contributed by atoms with Gasteiger partial charge < -0.3 is 14.5 Å². The molecular weight excluding hydrogens is 455 g/mol. The number of rotatable bonds is 6. The molecule has 0 bridgehead atoms. The fourth-order valence-electron chi connectivity index (χ4n) is 3.50. The van der Waals surface area contributed by atoms with Gasteiger partial charge in [0.2, 0.25) is 5.91 Å². The van der Waals surface area contributed by atoms with Crippen molar-refractivity contribution in [1.29, 1.82) is 0 Å². The lowest BCUT2D eigenvalue weighted by atomic mass is 10.2. The minimum absolute atomic E-state index is 0.0137. The molecule has 7 nitrogen and oxygen atoms in total. The standard InChI is InChI=1S/C22H22F3N5O2S/c1-32-18-4-2-3-17(13-18)30-8-7-26-21(30)33-15-20(31)29-11-9-28(10-12-29)19-6-5-16(14-27-19)22(23,24)25/h2-8,13-14H,9-12,15H2,1H3. The van der Waals surface area contributed by atoms with Crippen LogP contribution in [-0.4, -0.2) is 64.4 Å². The molecule has 0 spiro atoms. The van der Waals surface area contributed by atoms with Crippen molar-refractivity contribution in [1.82, 2.24) is 19.4 Å². The summed E-state index contributed by atoms with van der Waals surface area (Å²) in [7, 11) is 1.61. The van der Waals surface area contributed by atoms with E-state index in [0.29, 0.717) is 37.2 Å². The van der Waals surface area contributed by atoms with Gasteiger partial charge in [-0.05, 0) is 24.3 Å². The normalized spacial score (nSPS) is 14.4. The summed E-state index contributed by atoms with van der Waals surface area (Å²) in [5.41, 5.74) is 0.115. The minimum Gasteiger partial charge on any atom is -0.497 e. The van der Waals surface area contributed by atoms with Crippen LogP contribution in [-0.2, 0) is 11.0 Å². The first-order valence-corrected chi connectivity index (χ1v) is 11.2. The van der Waals surface area contributed by atoms with E-state index in [-0.39, 0.29) is 11.7 Å². The number of imidazole rings is 1. The Balaban J connectivity index is 1.31. The Morgan fingerprint density at radius 3 is 2.58 bits per heavy atom. The Hall–Kier alpha value is -3.21. The molecule has 1 saturated heterocycles. The zero-order valence-electron chi connectivity index (χ0n) is 17.8. The van der Waals surface area contributed by atoms with Gasteiger partial charge in [-0.15, -0.1) is 0 Å². The summed E-state index contributed by atoms with van der Waals surface area (Å²) in [5, 5.41) is 0.698. The van der Waals surface area contributed by atoms with Crippen molar-refractivity contribution in [3.05, 3.63) is 60.6 Å². The number of aromatic nitrogens is 3. The topological polar surface area (TPSA) is 63.5 Å². The smallest absolute Gasteiger partial charge is 0.417 e. The predicted octanol–water partition coefficient (Wildman–Crippen LogP) is 3.74. The summed E-state index contributed by atoms with van der Waals surface area (Å²) in [5.74, 6) is 1.43. The second-order valence-corrected chi connectivity index (χ2v) is 8.28. The Morgan fingerprint density at radius 1 is 1.12 bits per heavy atom. The Morgan fingerprint density at radius 2 is 1.91 bits per heavy atom. The van der Waals surface area contributed by atoms with Crippen LogP contribution in [0, 0.1) is 0 Å². The van der Waals surface area contributed by atoms with Gasteiger partial charge in [-0.25, -0.2) is 9.97 Å². The van der Waals surface area contributed by atoms with E-state index in [4.69, 9.17) is 4.74 Å². The van der Waals surface area contributed by atoms with E-state index in [2.05, 4.69) is 9.97 Å². The van der Waals surface area contributed by atoms with Crippen molar-refractivity contribution in [3.63, 3.8) is 0 Å². The Kier molecular flexibility index (Phi) is 6.77. The van der Waals surface area contributed by atoms with E-state index in [1.54, 1.807) is 18.2 Å². The lowest BCUT2D eigenvalue weighted by Gasteiger charge is -2.35. The summed E-state index contributed by atoms with van der Waals surface area (Å²) >= 11 is 1.35. The first-order valence-electron chi connectivity index (χ1n) is 10.2. The number of anilines is 1. The molecule has 0 saturated carbocycles. The third-order valence-corrected chi connectivity index (χ3v) is 6.25. The maximum atomic E-state index is 12.7. The lowest BCUT2D eigenvalue weighted by molar-refractivity contribution is -0.137. The molecule has 1 aromatic carbocycles. The number of ether oxygens (including phenoxy) is 1. The molecule has 1 aliphatic heterocycles. The van der Waals surface area contributed by atoms with Crippen molar-refractivity contribution < 1.29 is 22.7 Å². The monoisotopic (exact) mass is 477 g/mol. The number of piperazine rings is 1. The van der Waals surface area contributed by atoms with Gasteiger partial charge in [-0.2, -0.15) is 13.2 Å². The highest BCUT2D eigenvalue weighted by Crippen LogP contribution is 2.29. The maximum absolute atomic E-state index is 12.7. The molecule has 0 N–H and O–H groups in total. The number of methoxy groups -OCH3 is 1. The van der Waals surface area contributed by atoms with Gasteiger partial charge >= 0.3 is 6.18 Å². The van der Waals surface area contributed by atoms with Crippen LogP contribution in [0.15, 0.2) is 60.1 Å². The quantitative estimate of drug-likeness (QED) is 0.504. The average molecular weight is 478 g/mol. The van der Waals surface area contributed by atoms with Crippen molar-refractivity contribution in [2.45, 2.75) is 11.3 Å². The van der Waals surface area contributed by atoms with E-state index >= 15 is 0 Å². The van der Waals surface area contributed by atoms with Gasteiger partial charge in [0.25, 0.3) is 0 Å². The van der Waals surface area contributed by atoms with Gasteiger partial charge in [0.1, 0.15) is 11.6 Å². The van der Waals surface area contributed by atoms with Crippen molar-refractivity contribution in [3.8, 4) is 11.4 Å². The molecular formula is C22H22F3N5O2S. The molecule has 11 heteroatoms. The molecule has 0 atom stereocenters. The van der Waals surface area contributed by atoms with Gasteiger partial charge in [0.15, 0.2) is 5.16 Å². The van der Waals surface area contributed by atoms with E-state index in [1.165, 1.54) is 17.8 Å². The molecule has 33 heavy (non-hydrogen) atoms. The number of carbonyl (C=O) groups excluding carboxylic acids is 1. The average Bonchev–Trinajstić information content (AvgIpc) is 3.31. The molecule has 4 rings (SSSR count). The molecule has 1 aliphatic rings. The number of nitrogens with zero attached hydrogens (tertiary/aromatic N) is 5. The maximum Gasteiger partial charge on any atom is 0.417 e. The number of alkyl halides is 3. The van der Waals surface area contributed by atoms with Crippen LogP contribution in [0.25, 0.3) is 5.69 Å². The SMILES string of the molecule is COc1cccc(-n2ccnc2SCC(=O)N2CCN(c3ccc(C(F)(F)F)cn3)CC2)c1. The molecule has 174 valence electrons. The molecule has 3 heterocycles. The van der Waals surface area contributed by atoms with Gasteiger partial charge in [0.05, 0.1) is 24.1 Å². The first kappa shape index (κ1) is 23.0. The molecule has 1 fully saturated rings. The zero-order chi connectivity index (χ0) is 23.4. The summed E-state index contributed by atoms with van der Waals surface area (Å²) < 4.78 is 45.3. The first-order chi connectivity index (χ1) is 15.8. The second-order valence-electron chi connectivity index (χ2n) is 7.34. The van der Waals surface area contributed by atoms with Crippen LogP contribution >= 0.6 is 11.8 Å². The Bertz CT molecular complexity index is 1100. The highest BCUT2D eigenvalue weighted by Gasteiger charge is 2.31. The van der Waals surface area contributed by atoms with Crippen molar-refractivity contribution >= 4 is 23.5 Å². The van der Waals surface area contributed by atoms with Crippen LogP contribution < -0.4 is 9.64 Å². The third kappa shape index (κ3) is 5.41. The van der Waals surface area contributed by atoms with Crippen LogP contribution in [0.4, 0.5) is 19.0 Å². The predicted molar refractivity (Wildman–Crippen MR) is 119 cm³/mol. The largest absolute Gasteiger partial charge is 0.497 e. The second kappa shape index (κ2) is 9.74. The fraction of sp³-hybridized carbons (Fsp3) is 0.318. The van der Waals surface area contributed by atoms with E-state index in [0.717, 1.165) is 23.7 Å². The molecule has 0 radical (unpaired) electrons. The Labute approximate surface area is 193 Å². The van der Waals surface area contributed by atoms with Crippen LogP contribution in [0.3, 0.4) is 0 Å². The molecule has 3 aromatic rings. The summed E-state index contributed by atoms with van der Waals surface area (Å²) in [6, 6.07) is 9.97. The number of amides is 1. The molecule has 0 unspecified atom stereocenters. The van der Waals surface area contributed by atoms with Gasteiger partial charge in [-0.1, -0.05) is 17.8 Å². The van der Waals surface area contributed by atoms with Crippen molar-refractivity contribution in [2.24, 2.45) is 0 Å². The number of halogens is 3. The van der Waals surface area contributed by atoms with Gasteiger partial charge in [0, 0.05) is 50.8 Å². The minimum atomic E-state index is -4.41. The molecule has 1 amide bonds. The van der Waals surface area contributed by atoms with E-state index in [9.17, 15) is 18.0 Å². The molecule has 2 aromatic heterocycles. The highest BCUT2D eigenvalue weighted by molar-refractivity contribution is 7.99.